The SMILES string of the molecule is CCCC(=O)[O-].CCCC(=O)[O-].[Cu+2]. The zero-order valence-corrected chi connectivity index (χ0v) is 8.70. The van der Waals surface area contributed by atoms with Gasteiger partial charge in [0.2, 0.25) is 0 Å². The van der Waals surface area contributed by atoms with Crippen LogP contribution in [0.2, 0.25) is 0 Å². The number of carbonyl (C=O) groups excluding carboxylic acids is 2. The molecule has 0 aliphatic carbocycles. The van der Waals surface area contributed by atoms with Gasteiger partial charge in [-0.1, -0.05) is 26.7 Å². The molecule has 0 N–H and O–H groups in total. The van der Waals surface area contributed by atoms with Crippen molar-refractivity contribution in [1.82, 2.24) is 0 Å². The molecule has 0 atom stereocenters. The number of carboxylic acid groups (broad SMARTS) is 2. The van der Waals surface area contributed by atoms with Gasteiger partial charge in [-0.25, -0.2) is 0 Å². The van der Waals surface area contributed by atoms with Gasteiger partial charge < -0.3 is 19.8 Å². The molecule has 0 heterocycles. The summed E-state index contributed by atoms with van der Waals surface area (Å²) < 4.78 is 0. The Labute approximate surface area is 88.8 Å². The maximum Gasteiger partial charge on any atom is 2.00 e. The summed E-state index contributed by atoms with van der Waals surface area (Å²) >= 11 is 0. The van der Waals surface area contributed by atoms with Crippen molar-refractivity contribution in [3.05, 3.63) is 0 Å². The van der Waals surface area contributed by atoms with E-state index < -0.39 is 11.9 Å². The topological polar surface area (TPSA) is 80.3 Å². The van der Waals surface area contributed by atoms with Crippen molar-refractivity contribution in [1.29, 1.82) is 0 Å². The quantitative estimate of drug-likeness (QED) is 0.592. The van der Waals surface area contributed by atoms with Crippen LogP contribution in [-0.2, 0) is 26.7 Å². The summed E-state index contributed by atoms with van der Waals surface area (Å²) in [6.07, 6.45) is 1.70. The van der Waals surface area contributed by atoms with Crippen LogP contribution in [0.4, 0.5) is 0 Å². The molecule has 0 saturated heterocycles. The number of carbonyl (C=O) groups is 2. The molecular weight excluding hydrogens is 224 g/mol. The molecular formula is C8H14CuO4. The zero-order valence-electron chi connectivity index (χ0n) is 7.76. The second kappa shape index (κ2) is 14.0. The van der Waals surface area contributed by atoms with Crippen LogP contribution in [0.15, 0.2) is 0 Å². The van der Waals surface area contributed by atoms with E-state index in [1.807, 2.05) is 0 Å². The van der Waals surface area contributed by atoms with Crippen LogP contribution < -0.4 is 10.2 Å². The normalized spacial score (nSPS) is 7.54. The molecule has 5 heteroatoms. The van der Waals surface area contributed by atoms with Crippen molar-refractivity contribution in [2.24, 2.45) is 0 Å². The molecule has 0 aliphatic rings. The first-order valence-electron chi connectivity index (χ1n) is 3.94. The monoisotopic (exact) mass is 237 g/mol. The van der Waals surface area contributed by atoms with Crippen LogP contribution in [0.1, 0.15) is 39.5 Å². The number of hydrogen-bond donors (Lipinski definition) is 0. The van der Waals surface area contributed by atoms with Gasteiger partial charge in [0.05, 0.1) is 0 Å². The fourth-order valence-electron chi connectivity index (χ4n) is 0.408. The Morgan fingerprint density at radius 1 is 0.923 bits per heavy atom. The average molecular weight is 238 g/mol. The molecule has 81 valence electrons. The van der Waals surface area contributed by atoms with Gasteiger partial charge in [-0.2, -0.15) is 0 Å². The van der Waals surface area contributed by atoms with Crippen LogP contribution in [0.5, 0.6) is 0 Å². The van der Waals surface area contributed by atoms with Crippen molar-refractivity contribution < 1.29 is 36.9 Å². The van der Waals surface area contributed by atoms with Gasteiger partial charge in [0.25, 0.3) is 0 Å². The first-order valence-corrected chi connectivity index (χ1v) is 3.94. The van der Waals surface area contributed by atoms with Crippen molar-refractivity contribution in [3.8, 4) is 0 Å². The standard InChI is InChI=1S/2C4H8O2.Cu/c2*1-2-3-4(5)6;/h2*2-3H2,1H3,(H,5,6);/q;;+2/p-2. The number of rotatable bonds is 4. The maximum atomic E-state index is 9.49. The number of aliphatic carboxylic acids is 2. The smallest absolute Gasteiger partial charge is 0.550 e. The van der Waals surface area contributed by atoms with Gasteiger partial charge in [-0.05, 0) is 12.8 Å². The molecule has 0 fully saturated rings. The Kier molecular flexibility index (Phi) is 19.7. The van der Waals surface area contributed by atoms with Crippen molar-refractivity contribution in [2.75, 3.05) is 0 Å². The van der Waals surface area contributed by atoms with Crippen LogP contribution in [-0.4, -0.2) is 11.9 Å². The Balaban J connectivity index is -0.000000143. The van der Waals surface area contributed by atoms with E-state index in [-0.39, 0.29) is 29.9 Å². The molecule has 4 nitrogen and oxygen atoms in total. The molecule has 0 aromatic carbocycles. The minimum atomic E-state index is -0.961. The molecule has 0 aliphatic heterocycles. The first-order chi connectivity index (χ1) is 5.54. The van der Waals surface area contributed by atoms with E-state index in [4.69, 9.17) is 0 Å². The third kappa shape index (κ3) is 34.4. The van der Waals surface area contributed by atoms with Crippen molar-refractivity contribution in [3.63, 3.8) is 0 Å². The number of carboxylic acids is 2. The summed E-state index contributed by atoms with van der Waals surface area (Å²) in [5.74, 6) is -1.92. The molecule has 0 aromatic rings. The molecule has 1 radical (unpaired) electrons. The third-order valence-corrected chi connectivity index (χ3v) is 0.908. The Hall–Kier alpha value is -0.541. The first kappa shape index (κ1) is 18.3. The van der Waals surface area contributed by atoms with E-state index >= 15 is 0 Å². The van der Waals surface area contributed by atoms with Crippen LogP contribution >= 0.6 is 0 Å². The third-order valence-electron chi connectivity index (χ3n) is 0.908. The molecule has 13 heavy (non-hydrogen) atoms. The average Bonchev–Trinajstić information content (AvgIpc) is 1.87. The van der Waals surface area contributed by atoms with Gasteiger partial charge in [0.1, 0.15) is 0 Å². The van der Waals surface area contributed by atoms with Crippen molar-refractivity contribution >= 4 is 11.9 Å². The Morgan fingerprint density at radius 2 is 1.15 bits per heavy atom. The van der Waals surface area contributed by atoms with Crippen molar-refractivity contribution in [2.45, 2.75) is 39.5 Å². The Morgan fingerprint density at radius 3 is 1.15 bits per heavy atom. The van der Waals surface area contributed by atoms with E-state index in [1.165, 1.54) is 0 Å². The molecule has 0 spiro atoms. The van der Waals surface area contributed by atoms with Gasteiger partial charge in [-0.15, -0.1) is 0 Å². The Bertz CT molecular complexity index is 120. The summed E-state index contributed by atoms with van der Waals surface area (Å²) in [5, 5.41) is 19.0. The zero-order chi connectivity index (χ0) is 9.98. The molecule has 0 rings (SSSR count). The summed E-state index contributed by atoms with van der Waals surface area (Å²) in [6.45, 7) is 3.60. The molecule has 0 saturated carbocycles. The van der Waals surface area contributed by atoms with Gasteiger partial charge in [-0.3, -0.25) is 0 Å². The summed E-state index contributed by atoms with van der Waals surface area (Å²) in [4.78, 5) is 19.0. The van der Waals surface area contributed by atoms with Gasteiger partial charge in [0.15, 0.2) is 0 Å². The van der Waals surface area contributed by atoms with E-state index in [2.05, 4.69) is 0 Å². The van der Waals surface area contributed by atoms with E-state index in [1.54, 1.807) is 13.8 Å². The maximum absolute atomic E-state index is 9.49. The largest absolute Gasteiger partial charge is 2.00 e. The van der Waals surface area contributed by atoms with Crippen LogP contribution in [0, 0.1) is 0 Å². The fourth-order valence-corrected chi connectivity index (χ4v) is 0.408. The van der Waals surface area contributed by atoms with Crippen LogP contribution in [0.25, 0.3) is 0 Å². The van der Waals surface area contributed by atoms with Gasteiger partial charge >= 0.3 is 17.1 Å². The summed E-state index contributed by atoms with van der Waals surface area (Å²) in [7, 11) is 0. The van der Waals surface area contributed by atoms with E-state index in [0.717, 1.165) is 0 Å². The van der Waals surface area contributed by atoms with Gasteiger partial charge in [0, 0.05) is 11.9 Å². The molecule has 0 aromatic heterocycles. The predicted octanol–water partition coefficient (Wildman–Crippen LogP) is -0.930. The van der Waals surface area contributed by atoms with E-state index in [0.29, 0.717) is 12.8 Å². The predicted molar refractivity (Wildman–Crippen MR) is 39.8 cm³/mol. The van der Waals surface area contributed by atoms with Crippen LogP contribution in [0.3, 0.4) is 0 Å². The molecule has 0 bridgehead atoms. The minimum Gasteiger partial charge on any atom is -0.550 e. The number of hydrogen-bond acceptors (Lipinski definition) is 4. The molecule has 0 amide bonds. The fraction of sp³-hybridized carbons (Fsp3) is 0.750. The minimum absolute atomic E-state index is 0. The second-order valence-electron chi connectivity index (χ2n) is 2.24. The summed E-state index contributed by atoms with van der Waals surface area (Å²) in [6, 6.07) is 0. The van der Waals surface area contributed by atoms with E-state index in [9.17, 15) is 19.8 Å². The second-order valence-corrected chi connectivity index (χ2v) is 2.24. The summed E-state index contributed by atoms with van der Waals surface area (Å²) in [5.41, 5.74) is 0. The molecule has 0 unspecified atom stereocenters.